The molecule has 9 heteroatoms. The molecule has 3 atom stereocenters. The lowest BCUT2D eigenvalue weighted by Gasteiger charge is -2.51. The van der Waals surface area contributed by atoms with E-state index in [0.717, 1.165) is 11.1 Å². The van der Waals surface area contributed by atoms with Gasteiger partial charge < -0.3 is 19.5 Å². The molecule has 0 aliphatic carbocycles. The maximum absolute atomic E-state index is 13.0. The van der Waals surface area contributed by atoms with Crippen LogP contribution in [0.2, 0.25) is 0 Å². The van der Waals surface area contributed by atoms with Crippen molar-refractivity contribution in [3.8, 4) is 5.75 Å². The second-order valence-corrected chi connectivity index (χ2v) is 9.15. The SMILES string of the molecule is COc1ccc(CC(=O)N[C@H]2C(=O)N3C(C(=O)OCc4ccccc4)=C(C)[C@@H](OC)S[C@H]23)cc1. The number of nitrogens with one attached hydrogen (secondary N) is 1. The van der Waals surface area contributed by atoms with Crippen LogP contribution in [-0.4, -0.2) is 53.8 Å². The minimum Gasteiger partial charge on any atom is -0.497 e. The summed E-state index contributed by atoms with van der Waals surface area (Å²) in [5, 5.41) is 2.35. The molecule has 2 amide bonds. The first-order chi connectivity index (χ1) is 16.4. The van der Waals surface area contributed by atoms with E-state index in [9.17, 15) is 14.4 Å². The standard InChI is InChI=1S/C25H26N2O6S/c1-15-21(24(30)33-14-17-7-5-4-6-8-17)27-22(29)20(23(27)34-25(15)32-3)26-19(28)13-16-9-11-18(31-2)12-10-16/h4-12,20,23,25H,13-14H2,1-3H3,(H,26,28)/t20-,23+,25-/m0/s1. The number of rotatable bonds is 8. The molecule has 8 nitrogen and oxygen atoms in total. The van der Waals surface area contributed by atoms with Gasteiger partial charge in [-0.3, -0.25) is 14.5 Å². The van der Waals surface area contributed by atoms with Gasteiger partial charge in [0.05, 0.1) is 13.5 Å². The Bertz CT molecular complexity index is 1100. The number of carbonyl (C=O) groups is 3. The number of β-lactam (4-membered cyclic amide) rings is 1. The monoisotopic (exact) mass is 482 g/mol. The molecule has 4 rings (SSSR count). The summed E-state index contributed by atoms with van der Waals surface area (Å²) in [6.07, 6.45) is 0.125. The van der Waals surface area contributed by atoms with Gasteiger partial charge in [-0.2, -0.15) is 0 Å². The van der Waals surface area contributed by atoms with Gasteiger partial charge in [0.25, 0.3) is 5.91 Å². The maximum Gasteiger partial charge on any atom is 0.355 e. The Morgan fingerprint density at radius 2 is 1.74 bits per heavy atom. The van der Waals surface area contributed by atoms with Crippen molar-refractivity contribution >= 4 is 29.5 Å². The van der Waals surface area contributed by atoms with Crippen LogP contribution in [0.3, 0.4) is 0 Å². The van der Waals surface area contributed by atoms with Gasteiger partial charge in [-0.1, -0.05) is 54.2 Å². The lowest BCUT2D eigenvalue weighted by Crippen LogP contribution is -2.71. The molecule has 1 saturated heterocycles. The lowest BCUT2D eigenvalue weighted by molar-refractivity contribution is -0.153. The van der Waals surface area contributed by atoms with Crippen molar-refractivity contribution in [2.75, 3.05) is 14.2 Å². The molecule has 2 aromatic carbocycles. The minimum absolute atomic E-state index is 0.0932. The number of fused-ring (bicyclic) bond motifs is 1. The van der Waals surface area contributed by atoms with E-state index in [4.69, 9.17) is 14.2 Å². The van der Waals surface area contributed by atoms with E-state index in [2.05, 4.69) is 5.32 Å². The topological polar surface area (TPSA) is 94.2 Å². The summed E-state index contributed by atoms with van der Waals surface area (Å²) >= 11 is 1.38. The largest absolute Gasteiger partial charge is 0.497 e. The van der Waals surface area contributed by atoms with E-state index in [-0.39, 0.29) is 30.5 Å². The van der Waals surface area contributed by atoms with E-state index >= 15 is 0 Å². The summed E-state index contributed by atoms with van der Waals surface area (Å²) < 4.78 is 16.2. The quantitative estimate of drug-likeness (QED) is 0.457. The van der Waals surface area contributed by atoms with Crippen molar-refractivity contribution < 1.29 is 28.6 Å². The van der Waals surface area contributed by atoms with E-state index in [1.54, 1.807) is 45.4 Å². The maximum atomic E-state index is 13.0. The number of amides is 2. The number of hydrogen-bond donors (Lipinski definition) is 1. The van der Waals surface area contributed by atoms with Crippen molar-refractivity contribution in [1.82, 2.24) is 10.2 Å². The predicted octanol–water partition coefficient (Wildman–Crippen LogP) is 2.63. The number of benzene rings is 2. The van der Waals surface area contributed by atoms with Gasteiger partial charge in [0.1, 0.15) is 34.9 Å². The van der Waals surface area contributed by atoms with Gasteiger partial charge in [0, 0.05) is 7.11 Å². The summed E-state index contributed by atoms with van der Waals surface area (Å²) in [7, 11) is 3.12. The fourth-order valence-electron chi connectivity index (χ4n) is 3.94. The molecule has 2 aliphatic heterocycles. The molecule has 1 fully saturated rings. The van der Waals surface area contributed by atoms with E-state index in [1.165, 1.54) is 16.7 Å². The second kappa shape index (κ2) is 10.3. The molecular weight excluding hydrogens is 456 g/mol. The first-order valence-corrected chi connectivity index (χ1v) is 11.7. The van der Waals surface area contributed by atoms with Gasteiger partial charge in [-0.05, 0) is 35.8 Å². The molecule has 0 radical (unpaired) electrons. The molecule has 0 bridgehead atoms. The summed E-state index contributed by atoms with van der Waals surface area (Å²) in [5.74, 6) is -0.518. The van der Waals surface area contributed by atoms with Gasteiger partial charge in [0.2, 0.25) is 5.91 Å². The normalized spacial score (nSPS) is 21.4. The van der Waals surface area contributed by atoms with E-state index in [1.807, 2.05) is 30.3 Å². The Balaban J connectivity index is 1.44. The molecule has 0 saturated carbocycles. The van der Waals surface area contributed by atoms with Gasteiger partial charge in [-0.15, -0.1) is 0 Å². The molecule has 2 aliphatic rings. The molecule has 0 spiro atoms. The van der Waals surface area contributed by atoms with Crippen molar-refractivity contribution in [2.24, 2.45) is 0 Å². The number of hydrogen-bond acceptors (Lipinski definition) is 7. The van der Waals surface area contributed by atoms with E-state index in [0.29, 0.717) is 11.3 Å². The van der Waals surface area contributed by atoms with Crippen molar-refractivity contribution in [3.63, 3.8) is 0 Å². The van der Waals surface area contributed by atoms with E-state index < -0.39 is 22.8 Å². The highest BCUT2D eigenvalue weighted by Crippen LogP contribution is 2.44. The number of nitrogens with zero attached hydrogens (tertiary/aromatic N) is 1. The Morgan fingerprint density at radius 1 is 1.03 bits per heavy atom. The third kappa shape index (κ3) is 4.80. The Hall–Kier alpha value is -3.30. The summed E-state index contributed by atoms with van der Waals surface area (Å²) in [5.41, 5.74) is 2.00. The third-order valence-corrected chi connectivity index (χ3v) is 7.29. The zero-order valence-corrected chi connectivity index (χ0v) is 20.0. The Kier molecular flexibility index (Phi) is 7.23. The summed E-state index contributed by atoms with van der Waals surface area (Å²) in [6.45, 7) is 1.84. The molecule has 2 aromatic rings. The molecule has 178 valence electrons. The fraction of sp³-hybridized carbons (Fsp3) is 0.320. The van der Waals surface area contributed by atoms with Crippen LogP contribution >= 0.6 is 11.8 Å². The highest BCUT2D eigenvalue weighted by atomic mass is 32.2. The first-order valence-electron chi connectivity index (χ1n) is 10.8. The highest BCUT2D eigenvalue weighted by Gasteiger charge is 2.56. The van der Waals surface area contributed by atoms with Crippen LogP contribution in [0.5, 0.6) is 5.75 Å². The number of thioether (sulfide) groups is 1. The van der Waals surface area contributed by atoms with Crippen molar-refractivity contribution in [2.45, 2.75) is 36.8 Å². The Labute approximate surface area is 202 Å². The molecular formula is C25H26N2O6S. The molecule has 2 heterocycles. The third-order valence-electron chi connectivity index (χ3n) is 5.73. The van der Waals surface area contributed by atoms with Crippen LogP contribution in [0.25, 0.3) is 0 Å². The predicted molar refractivity (Wildman–Crippen MR) is 127 cm³/mol. The highest BCUT2D eigenvalue weighted by molar-refractivity contribution is 8.00. The van der Waals surface area contributed by atoms with Crippen LogP contribution in [0.1, 0.15) is 18.1 Å². The number of esters is 1. The van der Waals surface area contributed by atoms with Crippen LogP contribution < -0.4 is 10.1 Å². The van der Waals surface area contributed by atoms with Gasteiger partial charge >= 0.3 is 5.97 Å². The van der Waals surface area contributed by atoms with Crippen molar-refractivity contribution in [1.29, 1.82) is 0 Å². The summed E-state index contributed by atoms with van der Waals surface area (Å²) in [4.78, 5) is 40.0. The summed E-state index contributed by atoms with van der Waals surface area (Å²) in [6, 6.07) is 15.7. The van der Waals surface area contributed by atoms with Crippen LogP contribution in [-0.2, 0) is 36.9 Å². The molecule has 0 aromatic heterocycles. The van der Waals surface area contributed by atoms with Gasteiger partial charge in [-0.25, -0.2) is 4.79 Å². The number of carbonyl (C=O) groups excluding carboxylic acids is 3. The average molecular weight is 483 g/mol. The molecule has 0 unspecified atom stereocenters. The van der Waals surface area contributed by atoms with Crippen LogP contribution in [0.15, 0.2) is 65.9 Å². The van der Waals surface area contributed by atoms with Crippen molar-refractivity contribution in [3.05, 3.63) is 77.0 Å². The number of methoxy groups -OCH3 is 2. The average Bonchev–Trinajstić information content (AvgIpc) is 2.86. The van der Waals surface area contributed by atoms with Crippen LogP contribution in [0, 0.1) is 0 Å². The second-order valence-electron chi connectivity index (χ2n) is 7.97. The first kappa shape index (κ1) is 23.8. The lowest BCUT2D eigenvalue weighted by atomic mass is 10.0. The zero-order chi connectivity index (χ0) is 24.2. The Morgan fingerprint density at radius 3 is 2.38 bits per heavy atom. The number of ether oxygens (including phenoxy) is 3. The molecule has 34 heavy (non-hydrogen) atoms. The fourth-order valence-corrected chi connectivity index (χ4v) is 5.29. The smallest absolute Gasteiger partial charge is 0.355 e. The zero-order valence-electron chi connectivity index (χ0n) is 19.1. The van der Waals surface area contributed by atoms with Crippen LogP contribution in [0.4, 0.5) is 0 Å². The van der Waals surface area contributed by atoms with Gasteiger partial charge in [0.15, 0.2) is 0 Å². The minimum atomic E-state index is -0.751. The molecule has 1 N–H and O–H groups in total.